The Hall–Kier alpha value is -2.38. The first-order valence-corrected chi connectivity index (χ1v) is 8.57. The van der Waals surface area contributed by atoms with Crippen molar-refractivity contribution >= 4 is 32.9 Å². The van der Waals surface area contributed by atoms with Crippen LogP contribution in [-0.2, 0) is 0 Å². The molecule has 0 spiro atoms. The maximum atomic E-state index is 13.1. The van der Waals surface area contributed by atoms with Gasteiger partial charge in [-0.25, -0.2) is 14.4 Å². The number of benzene rings is 1. The molecule has 0 atom stereocenters. The molecule has 0 bridgehead atoms. The highest BCUT2D eigenvalue weighted by Gasteiger charge is 2.17. The van der Waals surface area contributed by atoms with Crippen molar-refractivity contribution in [2.75, 3.05) is 0 Å². The van der Waals surface area contributed by atoms with Crippen LogP contribution in [0.2, 0.25) is 0 Å². The van der Waals surface area contributed by atoms with Gasteiger partial charge in [-0.2, -0.15) is 0 Å². The molecule has 0 unspecified atom stereocenters. The van der Waals surface area contributed by atoms with Crippen LogP contribution >= 0.6 is 22.7 Å². The van der Waals surface area contributed by atoms with Crippen LogP contribution in [0.5, 0.6) is 0 Å². The SMILES string of the molecule is Cc1sc2nc(-c3cscn3)[nH]c(=O)c2c1-c1ccc(F)cc1. The standard InChI is InChI=1S/C16H10FN3OS2/c1-8-12(9-2-4-10(17)5-3-9)13-15(21)19-14(20-16(13)23-8)11-6-22-7-18-11/h2-7H,1H3,(H,19,20,21). The molecule has 4 rings (SSSR count). The zero-order valence-corrected chi connectivity index (χ0v) is 13.6. The van der Waals surface area contributed by atoms with E-state index in [9.17, 15) is 9.18 Å². The monoisotopic (exact) mass is 343 g/mol. The highest BCUT2D eigenvalue weighted by Crippen LogP contribution is 2.36. The molecule has 1 N–H and O–H groups in total. The molecule has 0 amide bonds. The minimum Gasteiger partial charge on any atom is -0.305 e. The van der Waals surface area contributed by atoms with Gasteiger partial charge in [0.25, 0.3) is 5.56 Å². The second-order valence-electron chi connectivity index (χ2n) is 5.01. The Balaban J connectivity index is 1.98. The smallest absolute Gasteiger partial charge is 0.260 e. The summed E-state index contributed by atoms with van der Waals surface area (Å²) in [7, 11) is 0. The van der Waals surface area contributed by atoms with Gasteiger partial charge in [0.15, 0.2) is 5.82 Å². The first-order valence-electron chi connectivity index (χ1n) is 6.81. The van der Waals surface area contributed by atoms with Crippen molar-refractivity contribution in [2.45, 2.75) is 6.92 Å². The van der Waals surface area contributed by atoms with E-state index >= 15 is 0 Å². The van der Waals surface area contributed by atoms with E-state index in [0.717, 1.165) is 16.0 Å². The summed E-state index contributed by atoms with van der Waals surface area (Å²) in [5.41, 5.74) is 3.76. The Kier molecular flexibility index (Phi) is 3.32. The molecular formula is C16H10FN3OS2. The quantitative estimate of drug-likeness (QED) is 0.593. The van der Waals surface area contributed by atoms with Crippen LogP contribution in [0.4, 0.5) is 4.39 Å². The Morgan fingerprint density at radius 3 is 2.70 bits per heavy atom. The molecule has 0 saturated heterocycles. The highest BCUT2D eigenvalue weighted by molar-refractivity contribution is 7.19. The molecule has 0 saturated carbocycles. The van der Waals surface area contributed by atoms with Crippen LogP contribution < -0.4 is 5.56 Å². The Labute approximate surface area is 138 Å². The lowest BCUT2D eigenvalue weighted by atomic mass is 10.0. The lowest BCUT2D eigenvalue weighted by molar-refractivity contribution is 0.628. The molecule has 7 heteroatoms. The van der Waals surface area contributed by atoms with Crippen molar-refractivity contribution in [3.05, 3.63) is 56.2 Å². The van der Waals surface area contributed by atoms with Crippen LogP contribution in [-0.4, -0.2) is 15.0 Å². The topological polar surface area (TPSA) is 58.6 Å². The van der Waals surface area contributed by atoms with E-state index in [1.165, 1.54) is 34.8 Å². The third kappa shape index (κ3) is 2.38. The van der Waals surface area contributed by atoms with Gasteiger partial charge in [0, 0.05) is 15.8 Å². The summed E-state index contributed by atoms with van der Waals surface area (Å²) < 4.78 is 13.1. The molecule has 0 aliphatic heterocycles. The average molecular weight is 343 g/mol. The number of hydrogen-bond donors (Lipinski definition) is 1. The van der Waals surface area contributed by atoms with Crippen molar-refractivity contribution < 1.29 is 4.39 Å². The van der Waals surface area contributed by atoms with Gasteiger partial charge in [0.1, 0.15) is 16.3 Å². The molecule has 1 aromatic carbocycles. The van der Waals surface area contributed by atoms with Crippen LogP contribution in [0, 0.1) is 12.7 Å². The van der Waals surface area contributed by atoms with Crippen LogP contribution in [0.3, 0.4) is 0 Å². The van der Waals surface area contributed by atoms with Gasteiger partial charge in [-0.05, 0) is 24.6 Å². The number of rotatable bonds is 2. The molecule has 0 aliphatic rings. The maximum absolute atomic E-state index is 13.1. The van der Waals surface area contributed by atoms with Gasteiger partial charge < -0.3 is 4.98 Å². The van der Waals surface area contributed by atoms with Gasteiger partial charge in [-0.3, -0.25) is 4.79 Å². The first kappa shape index (κ1) is 14.2. The van der Waals surface area contributed by atoms with Crippen molar-refractivity contribution in [2.24, 2.45) is 0 Å². The zero-order chi connectivity index (χ0) is 16.0. The Morgan fingerprint density at radius 2 is 2.00 bits per heavy atom. The largest absolute Gasteiger partial charge is 0.305 e. The van der Waals surface area contributed by atoms with Crippen molar-refractivity contribution in [3.8, 4) is 22.6 Å². The molecule has 3 heterocycles. The minimum absolute atomic E-state index is 0.207. The van der Waals surface area contributed by atoms with E-state index in [1.54, 1.807) is 17.6 Å². The minimum atomic E-state index is -0.302. The molecular weight excluding hydrogens is 333 g/mol. The lowest BCUT2D eigenvalue weighted by Gasteiger charge is -2.02. The fourth-order valence-electron chi connectivity index (χ4n) is 2.53. The predicted molar refractivity (Wildman–Crippen MR) is 91.5 cm³/mol. The number of nitrogens with zero attached hydrogens (tertiary/aromatic N) is 2. The second-order valence-corrected chi connectivity index (χ2v) is 6.93. The predicted octanol–water partition coefficient (Wildman–Crippen LogP) is 4.22. The van der Waals surface area contributed by atoms with E-state index in [0.29, 0.717) is 21.7 Å². The highest BCUT2D eigenvalue weighted by atomic mass is 32.1. The van der Waals surface area contributed by atoms with Gasteiger partial charge in [-0.1, -0.05) is 12.1 Å². The number of aromatic nitrogens is 3. The van der Waals surface area contributed by atoms with Crippen molar-refractivity contribution in [3.63, 3.8) is 0 Å². The molecule has 3 aromatic heterocycles. The Bertz CT molecular complexity index is 1050. The third-order valence-corrected chi connectivity index (χ3v) is 5.13. The summed E-state index contributed by atoms with van der Waals surface area (Å²) in [5, 5.41) is 2.38. The van der Waals surface area contributed by atoms with Gasteiger partial charge in [0.05, 0.1) is 10.9 Å². The molecule has 114 valence electrons. The molecule has 0 radical (unpaired) electrons. The van der Waals surface area contributed by atoms with Crippen molar-refractivity contribution in [1.82, 2.24) is 15.0 Å². The maximum Gasteiger partial charge on any atom is 0.260 e. The zero-order valence-electron chi connectivity index (χ0n) is 12.0. The third-order valence-electron chi connectivity index (χ3n) is 3.55. The summed E-state index contributed by atoms with van der Waals surface area (Å²) >= 11 is 2.90. The second kappa shape index (κ2) is 5.36. The number of halogens is 1. The molecule has 0 fully saturated rings. The van der Waals surface area contributed by atoms with E-state index in [4.69, 9.17) is 0 Å². The number of thiazole rings is 1. The number of fused-ring (bicyclic) bond motifs is 1. The summed E-state index contributed by atoms with van der Waals surface area (Å²) in [5.74, 6) is 0.166. The fourth-order valence-corrected chi connectivity index (χ4v) is 4.12. The van der Waals surface area contributed by atoms with Gasteiger partial charge in [0.2, 0.25) is 0 Å². The van der Waals surface area contributed by atoms with E-state index in [1.807, 2.05) is 12.3 Å². The first-order chi connectivity index (χ1) is 11.1. The van der Waals surface area contributed by atoms with Crippen LogP contribution in [0.1, 0.15) is 4.88 Å². The number of hydrogen-bond acceptors (Lipinski definition) is 5. The number of H-pyrrole nitrogens is 1. The number of thiophene rings is 1. The molecule has 4 nitrogen and oxygen atoms in total. The Morgan fingerprint density at radius 1 is 1.22 bits per heavy atom. The number of aryl methyl sites for hydroxylation is 1. The number of aromatic amines is 1. The summed E-state index contributed by atoms with van der Waals surface area (Å²) in [6.45, 7) is 1.94. The van der Waals surface area contributed by atoms with E-state index in [2.05, 4.69) is 15.0 Å². The fraction of sp³-hybridized carbons (Fsp3) is 0.0625. The van der Waals surface area contributed by atoms with Crippen LogP contribution in [0.15, 0.2) is 40.0 Å². The van der Waals surface area contributed by atoms with E-state index < -0.39 is 0 Å². The van der Waals surface area contributed by atoms with Crippen LogP contribution in [0.25, 0.3) is 32.9 Å². The summed E-state index contributed by atoms with van der Waals surface area (Å²) in [4.78, 5) is 25.7. The normalized spacial score (nSPS) is 11.2. The lowest BCUT2D eigenvalue weighted by Crippen LogP contribution is -2.09. The van der Waals surface area contributed by atoms with E-state index in [-0.39, 0.29) is 11.4 Å². The van der Waals surface area contributed by atoms with Gasteiger partial charge in [-0.15, -0.1) is 22.7 Å². The number of nitrogens with one attached hydrogen (secondary N) is 1. The van der Waals surface area contributed by atoms with Crippen molar-refractivity contribution in [1.29, 1.82) is 0 Å². The molecule has 0 aliphatic carbocycles. The molecule has 4 aromatic rings. The molecule has 23 heavy (non-hydrogen) atoms. The summed E-state index contributed by atoms with van der Waals surface area (Å²) in [6.07, 6.45) is 0. The van der Waals surface area contributed by atoms with Gasteiger partial charge >= 0.3 is 0 Å². The summed E-state index contributed by atoms with van der Waals surface area (Å²) in [6, 6.07) is 6.14. The average Bonchev–Trinajstić information content (AvgIpc) is 3.15.